The second-order valence-corrected chi connectivity index (χ2v) is 14.8. The summed E-state index contributed by atoms with van der Waals surface area (Å²) in [4.78, 5) is 59.8. The molecule has 5 rings (SSSR count). The number of hydrogen-bond acceptors (Lipinski definition) is 16. The lowest BCUT2D eigenvalue weighted by molar-refractivity contribution is -0.170. The van der Waals surface area contributed by atoms with E-state index in [0.29, 0.717) is 39.8 Å². The molecular formula is C28H39N9O7S3. The monoisotopic (exact) mass is 709 g/mol. The molecule has 3 N–H and O–H groups in total. The Kier molecular flexibility index (Phi) is 11.6. The van der Waals surface area contributed by atoms with Gasteiger partial charge in [-0.1, -0.05) is 25.1 Å². The number of hydrogen-bond donors (Lipinski definition) is 2. The van der Waals surface area contributed by atoms with E-state index in [0.717, 1.165) is 32.2 Å². The number of thioether (sulfide) groups is 2. The summed E-state index contributed by atoms with van der Waals surface area (Å²) in [5, 5.41) is 16.8. The van der Waals surface area contributed by atoms with Gasteiger partial charge in [0, 0.05) is 30.4 Å². The average molecular weight is 710 g/mol. The predicted molar refractivity (Wildman–Crippen MR) is 174 cm³/mol. The second-order valence-electron chi connectivity index (χ2n) is 11.9. The lowest BCUT2D eigenvalue weighted by atomic mass is 9.89. The number of carbonyl (C=O) groups excluding carboxylic acids is 4. The first-order chi connectivity index (χ1) is 22.5. The Balaban J connectivity index is 1.27. The molecule has 4 heterocycles. The van der Waals surface area contributed by atoms with E-state index in [4.69, 9.17) is 19.9 Å². The van der Waals surface area contributed by atoms with Crippen molar-refractivity contribution in [2.24, 2.45) is 5.92 Å². The highest BCUT2D eigenvalue weighted by atomic mass is 32.2. The largest absolute Gasteiger partial charge is 0.511 e. The zero-order valence-corrected chi connectivity index (χ0v) is 29.1. The summed E-state index contributed by atoms with van der Waals surface area (Å²) in [6, 6.07) is -0.847. The third-order valence-corrected chi connectivity index (χ3v) is 10.9. The Morgan fingerprint density at radius 3 is 2.79 bits per heavy atom. The zero-order chi connectivity index (χ0) is 33.7. The smallest absolute Gasteiger partial charge is 0.431 e. The number of nitrogens with one attached hydrogen (secondary N) is 1. The van der Waals surface area contributed by atoms with Crippen LogP contribution < -0.4 is 11.1 Å². The van der Waals surface area contributed by atoms with Crippen LogP contribution >= 0.6 is 34.9 Å². The molecule has 0 spiro atoms. The third kappa shape index (κ3) is 8.94. The Morgan fingerprint density at radius 2 is 2.06 bits per heavy atom. The number of anilines is 1. The van der Waals surface area contributed by atoms with Gasteiger partial charge in [-0.15, -0.1) is 28.2 Å². The molecule has 2 aromatic heterocycles. The zero-order valence-electron chi connectivity index (χ0n) is 26.6. The molecule has 3 aliphatic rings. The van der Waals surface area contributed by atoms with Gasteiger partial charge in [-0.05, 0) is 55.3 Å². The Morgan fingerprint density at radius 1 is 1.26 bits per heavy atom. The number of nitrogen functional groups attached to an aromatic ring is 1. The number of aromatic nitrogens is 5. The van der Waals surface area contributed by atoms with Crippen molar-refractivity contribution in [1.29, 1.82) is 0 Å². The normalized spacial score (nSPS) is 23.2. The Hall–Kier alpha value is -3.42. The van der Waals surface area contributed by atoms with Crippen molar-refractivity contribution in [2.75, 3.05) is 37.9 Å². The number of thiazole rings is 1. The van der Waals surface area contributed by atoms with Crippen LogP contribution in [0.2, 0.25) is 0 Å². The number of tetrazole rings is 1. The molecule has 0 radical (unpaired) electrons. The van der Waals surface area contributed by atoms with Crippen LogP contribution in [0, 0.1) is 5.92 Å². The Bertz CT molecular complexity index is 1500. The van der Waals surface area contributed by atoms with Gasteiger partial charge in [0.05, 0.1) is 18.7 Å². The molecule has 5 atom stereocenters. The number of amides is 2. The molecule has 1 saturated heterocycles. The highest BCUT2D eigenvalue weighted by Crippen LogP contribution is 2.42. The SMILES string of the molecule is CC1CCCC(OC(=O)OC(C)OC(=O)C2=C(CSc3nnnn3CCN(C)C)CS[C@@H]3[C@H](NC(=O)Cc4csc(N)n4)C(=O)N23)C1. The van der Waals surface area contributed by atoms with E-state index in [1.165, 1.54) is 46.7 Å². The van der Waals surface area contributed by atoms with Crippen molar-refractivity contribution >= 4 is 63.9 Å². The summed E-state index contributed by atoms with van der Waals surface area (Å²) >= 11 is 3.97. The van der Waals surface area contributed by atoms with E-state index in [2.05, 4.69) is 32.7 Å². The van der Waals surface area contributed by atoms with E-state index >= 15 is 0 Å². The summed E-state index contributed by atoms with van der Waals surface area (Å²) in [5.74, 6) is -0.574. The van der Waals surface area contributed by atoms with Crippen LogP contribution in [0.1, 0.15) is 45.2 Å². The van der Waals surface area contributed by atoms with Gasteiger partial charge in [-0.25, -0.2) is 19.3 Å². The first-order valence-corrected chi connectivity index (χ1v) is 18.2. The van der Waals surface area contributed by atoms with E-state index in [1.54, 1.807) is 10.1 Å². The van der Waals surface area contributed by atoms with Crippen LogP contribution in [-0.2, 0) is 41.6 Å². The van der Waals surface area contributed by atoms with Crippen LogP contribution in [0.4, 0.5) is 9.93 Å². The summed E-state index contributed by atoms with van der Waals surface area (Å²) in [7, 11) is 3.90. The molecule has 16 nitrogen and oxygen atoms in total. The molecule has 47 heavy (non-hydrogen) atoms. The van der Waals surface area contributed by atoms with Crippen molar-refractivity contribution < 1.29 is 33.4 Å². The predicted octanol–water partition coefficient (Wildman–Crippen LogP) is 1.88. The molecule has 2 aromatic rings. The number of β-lactam (4-membered cyclic amide) rings is 1. The molecular weight excluding hydrogens is 671 g/mol. The fourth-order valence-corrected chi connectivity index (χ4v) is 8.43. The molecule has 2 amide bonds. The van der Waals surface area contributed by atoms with Crippen molar-refractivity contribution in [3.8, 4) is 0 Å². The van der Waals surface area contributed by atoms with E-state index < -0.39 is 35.7 Å². The summed E-state index contributed by atoms with van der Waals surface area (Å²) in [5.41, 5.74) is 6.84. The average Bonchev–Trinajstić information content (AvgIpc) is 3.64. The minimum absolute atomic E-state index is 0.0330. The van der Waals surface area contributed by atoms with Crippen molar-refractivity contribution in [1.82, 2.24) is 40.3 Å². The van der Waals surface area contributed by atoms with E-state index in [-0.39, 0.29) is 29.9 Å². The molecule has 256 valence electrons. The van der Waals surface area contributed by atoms with E-state index in [9.17, 15) is 19.2 Å². The van der Waals surface area contributed by atoms with Crippen LogP contribution in [-0.4, -0.2) is 115 Å². The maximum absolute atomic E-state index is 13.7. The number of ether oxygens (including phenoxy) is 3. The quantitative estimate of drug-likeness (QED) is 0.132. The third-order valence-electron chi connectivity index (χ3n) is 7.79. The standard InChI is InChI=1S/C28H39N9O7S3/c1-15-6-5-7-19(10-15)44-28(41)43-16(2)42-25(40)22-17(13-47-27-32-33-34-36(27)9-8-35(3)4)12-45-24-21(23(39)37(22)24)31-20(38)11-18-14-46-26(29)30-18/h14-16,19,21,24H,5-13H2,1-4H3,(H2,29,30)(H,31,38)/t15?,16?,19?,21-,24-/m1/s1. The fourth-order valence-electron chi connectivity index (χ4n) is 5.48. The number of nitrogens with zero attached hydrogens (tertiary/aromatic N) is 7. The molecule has 19 heteroatoms. The van der Waals surface area contributed by atoms with Gasteiger partial charge in [0.15, 0.2) is 5.13 Å². The highest BCUT2D eigenvalue weighted by molar-refractivity contribution is 8.01. The van der Waals surface area contributed by atoms with Crippen molar-refractivity contribution in [2.45, 2.75) is 81.5 Å². The fraction of sp³-hybridized carbons (Fsp3) is 0.643. The number of fused-ring (bicyclic) bond motifs is 1. The van der Waals surface area contributed by atoms with Gasteiger partial charge in [-0.3, -0.25) is 14.5 Å². The van der Waals surface area contributed by atoms with Gasteiger partial charge < -0.3 is 30.2 Å². The summed E-state index contributed by atoms with van der Waals surface area (Å²) in [6.07, 6.45) is 1.09. The lowest BCUT2D eigenvalue weighted by Gasteiger charge is -2.49. The lowest BCUT2D eigenvalue weighted by Crippen LogP contribution is -2.70. The maximum atomic E-state index is 13.7. The minimum Gasteiger partial charge on any atom is -0.431 e. The Labute approximate surface area is 284 Å². The number of esters is 1. The van der Waals surface area contributed by atoms with Crippen LogP contribution in [0.15, 0.2) is 21.8 Å². The van der Waals surface area contributed by atoms with Gasteiger partial charge in [0.25, 0.3) is 5.91 Å². The number of carbonyl (C=O) groups is 4. The molecule has 1 aliphatic carbocycles. The topological polar surface area (TPSA) is 197 Å². The highest BCUT2D eigenvalue weighted by Gasteiger charge is 2.54. The van der Waals surface area contributed by atoms with Crippen LogP contribution in [0.3, 0.4) is 0 Å². The van der Waals surface area contributed by atoms with Crippen LogP contribution in [0.5, 0.6) is 0 Å². The molecule has 1 saturated carbocycles. The first-order valence-electron chi connectivity index (χ1n) is 15.3. The molecule has 2 aliphatic heterocycles. The first kappa shape index (κ1) is 34.9. The van der Waals surface area contributed by atoms with E-state index in [1.807, 2.05) is 19.0 Å². The number of likely N-dealkylation sites (N-methyl/N-ethyl adjacent to an activating group) is 1. The molecule has 3 unspecified atom stereocenters. The number of nitrogens with two attached hydrogens (primary N) is 1. The minimum atomic E-state index is -1.28. The summed E-state index contributed by atoms with van der Waals surface area (Å²) in [6.45, 7) is 4.82. The number of rotatable bonds is 13. The van der Waals surface area contributed by atoms with Crippen molar-refractivity contribution in [3.63, 3.8) is 0 Å². The van der Waals surface area contributed by atoms with Gasteiger partial charge in [0.1, 0.15) is 23.2 Å². The molecule has 2 fully saturated rings. The van der Waals surface area contributed by atoms with Gasteiger partial charge in [0.2, 0.25) is 17.4 Å². The van der Waals surface area contributed by atoms with Gasteiger partial charge in [-0.2, -0.15) is 0 Å². The van der Waals surface area contributed by atoms with Crippen LogP contribution in [0.25, 0.3) is 0 Å². The maximum Gasteiger partial charge on any atom is 0.511 e. The molecule has 0 bridgehead atoms. The van der Waals surface area contributed by atoms with Crippen molar-refractivity contribution in [3.05, 3.63) is 22.3 Å². The second kappa shape index (κ2) is 15.7. The molecule has 0 aromatic carbocycles. The summed E-state index contributed by atoms with van der Waals surface area (Å²) < 4.78 is 17.9. The van der Waals surface area contributed by atoms with Gasteiger partial charge >= 0.3 is 12.1 Å².